The summed E-state index contributed by atoms with van der Waals surface area (Å²) in [6, 6.07) is 20.6. The van der Waals surface area contributed by atoms with Gasteiger partial charge in [-0.3, -0.25) is 9.59 Å². The third-order valence-electron chi connectivity index (χ3n) is 12.7. The summed E-state index contributed by atoms with van der Waals surface area (Å²) in [6.45, 7) is 6.76. The van der Waals surface area contributed by atoms with Crippen LogP contribution in [-0.4, -0.2) is 44.8 Å². The summed E-state index contributed by atoms with van der Waals surface area (Å²) < 4.78 is 24.1. The van der Waals surface area contributed by atoms with Gasteiger partial charge in [0.1, 0.15) is 36.0 Å². The average Bonchev–Trinajstić information content (AvgIpc) is 3.75. The maximum absolute atomic E-state index is 15.0. The number of carbonyl (C=O) groups is 2. The first-order valence-electron chi connectivity index (χ1n) is 18.4. The summed E-state index contributed by atoms with van der Waals surface area (Å²) in [5.74, 6) is -3.00. The van der Waals surface area contributed by atoms with Crippen LogP contribution in [0.15, 0.2) is 82.9 Å². The van der Waals surface area contributed by atoms with Crippen molar-refractivity contribution >= 4 is 22.3 Å². The molecule has 4 aliphatic carbocycles. The van der Waals surface area contributed by atoms with E-state index in [4.69, 9.17) is 18.7 Å². The van der Waals surface area contributed by atoms with Gasteiger partial charge in [-0.05, 0) is 59.0 Å². The van der Waals surface area contributed by atoms with Crippen LogP contribution in [0.5, 0.6) is 23.1 Å². The molecule has 0 radical (unpaired) electrons. The van der Waals surface area contributed by atoms with Crippen molar-refractivity contribution in [3.8, 4) is 23.1 Å². The Morgan fingerprint density at radius 1 is 0.907 bits per heavy atom. The summed E-state index contributed by atoms with van der Waals surface area (Å²) in [5.41, 5.74) is 0.406. The van der Waals surface area contributed by atoms with Gasteiger partial charge in [0.05, 0.1) is 24.2 Å². The number of aliphatic hydroxyl groups excluding tert-OH is 1. The maximum atomic E-state index is 15.0. The first-order chi connectivity index (χ1) is 25.9. The minimum atomic E-state index is -2.75. The predicted molar refractivity (Wildman–Crippen MR) is 198 cm³/mol. The van der Waals surface area contributed by atoms with Crippen molar-refractivity contribution in [1.29, 1.82) is 0 Å². The molecular formula is C44H41NO9. The van der Waals surface area contributed by atoms with Gasteiger partial charge < -0.3 is 34.1 Å². The lowest BCUT2D eigenvalue weighted by Gasteiger charge is -2.49. The number of aromatic hydroxyl groups is 1. The molecule has 0 saturated carbocycles. The second-order valence-corrected chi connectivity index (χ2v) is 15.7. The fourth-order valence-electron chi connectivity index (χ4n) is 9.93. The van der Waals surface area contributed by atoms with Gasteiger partial charge in [0.2, 0.25) is 11.6 Å². The molecule has 1 aromatic heterocycles. The van der Waals surface area contributed by atoms with E-state index in [1.165, 1.54) is 0 Å². The molecule has 0 unspecified atom stereocenters. The Bertz CT molecular complexity index is 2410. The predicted octanol–water partition coefficient (Wildman–Crippen LogP) is 7.28. The largest absolute Gasteiger partial charge is 0.506 e. The molecule has 1 spiro atoms. The minimum absolute atomic E-state index is 0.0635. The smallest absolute Gasteiger partial charge is 0.265 e. The van der Waals surface area contributed by atoms with Crippen molar-refractivity contribution in [2.75, 3.05) is 7.11 Å². The summed E-state index contributed by atoms with van der Waals surface area (Å²) in [6.07, 6.45) is 2.67. The standard InChI is InChI=1S/C44H41NO9/c1-23-12-11-17-42(2,3)43(23)20-26-31-33(28(19-30(51-4)36(31)43)52-21-24-13-7-5-8-14-24)38(47)35-32(26)37(46)27-18-29-34(39(48)44(27,50)40(35)49)41(45-54-29)53-22-25-15-9-6-10-16-25/h5-10,12-16,19,27,37,46-47,50H,11,17-18,20-22H2,1-4H3/t27-,37+,43-,44-/m0/s1. The Kier molecular flexibility index (Phi) is 7.65. The fraction of sp³-hybridized carbons (Fsp3) is 0.341. The highest BCUT2D eigenvalue weighted by Gasteiger charge is 2.65. The van der Waals surface area contributed by atoms with Gasteiger partial charge in [-0.2, -0.15) is 0 Å². The zero-order chi connectivity index (χ0) is 37.7. The Balaban J connectivity index is 1.25. The third kappa shape index (κ3) is 4.50. The number of fused-ring (bicyclic) bond motifs is 5. The number of phenolic OH excluding ortho intramolecular Hbond substituents is 1. The highest BCUT2D eigenvalue weighted by Crippen LogP contribution is 2.66. The van der Waals surface area contributed by atoms with Crippen LogP contribution in [0.1, 0.15) is 94.0 Å². The molecule has 276 valence electrons. The lowest BCUT2D eigenvalue weighted by atomic mass is 9.54. The van der Waals surface area contributed by atoms with Crippen molar-refractivity contribution in [3.05, 3.63) is 123 Å². The Labute approximate surface area is 312 Å². The summed E-state index contributed by atoms with van der Waals surface area (Å²) >= 11 is 0. The molecule has 0 fully saturated rings. The lowest BCUT2D eigenvalue weighted by molar-refractivity contribution is -0.0472. The number of benzene rings is 4. The zero-order valence-electron chi connectivity index (χ0n) is 30.6. The van der Waals surface area contributed by atoms with E-state index in [9.17, 15) is 24.9 Å². The molecule has 54 heavy (non-hydrogen) atoms. The minimum Gasteiger partial charge on any atom is -0.506 e. The highest BCUT2D eigenvalue weighted by molar-refractivity contribution is 6.27. The van der Waals surface area contributed by atoms with Crippen LogP contribution < -0.4 is 14.2 Å². The van der Waals surface area contributed by atoms with Gasteiger partial charge in [0.15, 0.2) is 11.4 Å². The monoisotopic (exact) mass is 727 g/mol. The molecule has 10 nitrogen and oxygen atoms in total. The number of carbonyl (C=O) groups excluding carboxylic acids is 2. The van der Waals surface area contributed by atoms with Crippen LogP contribution in [0.25, 0.3) is 10.8 Å². The number of phenols is 1. The molecule has 4 atom stereocenters. The highest BCUT2D eigenvalue weighted by atomic mass is 16.5. The van der Waals surface area contributed by atoms with E-state index in [1.807, 2.05) is 60.7 Å². The molecule has 10 heteroatoms. The molecule has 9 rings (SSSR count). The number of aliphatic hydroxyl groups is 2. The molecule has 3 N–H and O–H groups in total. The van der Waals surface area contributed by atoms with Crippen molar-refractivity contribution in [2.45, 2.75) is 76.8 Å². The average molecular weight is 728 g/mol. The SMILES string of the molecule is COc1cc(OCc2ccccc2)c2c(O)c3c(c4c2c1[C@]1(C4)C(C)=CCCC1(C)C)[C@H](O)[C@@H]1Cc2onc(OCc4ccccc4)c2C(=O)[C@]1(O)C3=O. The van der Waals surface area contributed by atoms with Crippen molar-refractivity contribution in [2.24, 2.45) is 11.3 Å². The molecular weight excluding hydrogens is 686 g/mol. The molecule has 4 aliphatic rings. The number of hydrogen-bond acceptors (Lipinski definition) is 10. The molecule has 0 bridgehead atoms. The fourth-order valence-corrected chi connectivity index (χ4v) is 9.93. The summed E-state index contributed by atoms with van der Waals surface area (Å²) in [5, 5.41) is 42.2. The van der Waals surface area contributed by atoms with Crippen LogP contribution in [0.3, 0.4) is 0 Å². The molecule has 0 amide bonds. The molecule has 0 aliphatic heterocycles. The van der Waals surface area contributed by atoms with Crippen LogP contribution in [-0.2, 0) is 31.5 Å². The van der Waals surface area contributed by atoms with Crippen molar-refractivity contribution < 1.29 is 43.6 Å². The number of ketones is 2. The van der Waals surface area contributed by atoms with Crippen LogP contribution in [0.4, 0.5) is 0 Å². The van der Waals surface area contributed by atoms with E-state index >= 15 is 0 Å². The quantitative estimate of drug-likeness (QED) is 0.115. The van der Waals surface area contributed by atoms with Gasteiger partial charge in [0, 0.05) is 34.8 Å². The lowest BCUT2D eigenvalue weighted by Crippen LogP contribution is -2.60. The number of rotatable bonds is 7. The second kappa shape index (κ2) is 12.0. The van der Waals surface area contributed by atoms with Crippen LogP contribution in [0, 0.1) is 11.3 Å². The van der Waals surface area contributed by atoms with E-state index < -0.39 is 40.4 Å². The van der Waals surface area contributed by atoms with E-state index in [2.05, 4.69) is 32.0 Å². The molecule has 5 aromatic rings. The van der Waals surface area contributed by atoms with Crippen LogP contribution >= 0.6 is 0 Å². The number of hydrogen-bond donors (Lipinski definition) is 3. The number of Topliss-reactive ketones (excluding diaryl/α,β-unsaturated/α-hetero) is 2. The number of aromatic nitrogens is 1. The van der Waals surface area contributed by atoms with Gasteiger partial charge >= 0.3 is 0 Å². The van der Waals surface area contributed by atoms with E-state index in [1.54, 1.807) is 13.2 Å². The normalized spacial score (nSPS) is 24.9. The van der Waals surface area contributed by atoms with Crippen molar-refractivity contribution in [1.82, 2.24) is 5.16 Å². The zero-order valence-corrected chi connectivity index (χ0v) is 30.6. The second-order valence-electron chi connectivity index (χ2n) is 15.7. The van der Waals surface area contributed by atoms with E-state index in [0.717, 1.165) is 35.1 Å². The first-order valence-corrected chi connectivity index (χ1v) is 18.4. The number of ether oxygens (including phenoxy) is 3. The van der Waals surface area contributed by atoms with E-state index in [0.29, 0.717) is 23.1 Å². The molecule has 0 saturated heterocycles. The summed E-state index contributed by atoms with van der Waals surface area (Å²) in [7, 11) is 1.61. The third-order valence-corrected chi connectivity index (χ3v) is 12.7. The Hall–Kier alpha value is -5.45. The molecule has 1 heterocycles. The maximum Gasteiger partial charge on any atom is 0.265 e. The first kappa shape index (κ1) is 34.3. The van der Waals surface area contributed by atoms with Gasteiger partial charge in [-0.1, -0.05) is 86.2 Å². The van der Waals surface area contributed by atoms with E-state index in [-0.39, 0.29) is 64.5 Å². The Morgan fingerprint density at radius 3 is 2.20 bits per heavy atom. The Morgan fingerprint density at radius 2 is 1.56 bits per heavy atom. The van der Waals surface area contributed by atoms with Crippen molar-refractivity contribution in [3.63, 3.8) is 0 Å². The number of methoxy groups -OCH3 is 1. The van der Waals surface area contributed by atoms with Crippen LogP contribution in [0.2, 0.25) is 0 Å². The number of nitrogens with zero attached hydrogens (tertiary/aromatic N) is 1. The molecule has 4 aromatic carbocycles. The summed E-state index contributed by atoms with van der Waals surface area (Å²) in [4.78, 5) is 29.4. The van der Waals surface area contributed by atoms with Gasteiger partial charge in [-0.15, -0.1) is 0 Å². The van der Waals surface area contributed by atoms with Gasteiger partial charge in [0.25, 0.3) is 5.88 Å². The number of allylic oxidation sites excluding steroid dienone is 2. The topological polar surface area (TPSA) is 149 Å². The van der Waals surface area contributed by atoms with Gasteiger partial charge in [-0.25, -0.2) is 0 Å².